The van der Waals surface area contributed by atoms with Crippen molar-refractivity contribution in [3.8, 4) is 11.8 Å². The van der Waals surface area contributed by atoms with E-state index in [4.69, 9.17) is 0 Å². The average molecular weight is 317 g/mol. The van der Waals surface area contributed by atoms with Crippen LogP contribution in [0, 0.1) is 18.8 Å². The highest BCUT2D eigenvalue weighted by molar-refractivity contribution is 5.93. The molecule has 0 aliphatic rings. The largest absolute Gasteiger partial charge is 0.341 e. The van der Waals surface area contributed by atoms with Gasteiger partial charge in [-0.1, -0.05) is 36.1 Å². The fourth-order valence-corrected chi connectivity index (χ4v) is 2.23. The van der Waals surface area contributed by atoms with Crippen LogP contribution in [0.4, 0.5) is 0 Å². The lowest BCUT2D eigenvalue weighted by atomic mass is 10.2. The number of hydrogen-bond donors (Lipinski definition) is 1. The molecule has 0 aliphatic carbocycles. The summed E-state index contributed by atoms with van der Waals surface area (Å²) in [6, 6.07) is 13.1. The summed E-state index contributed by atoms with van der Waals surface area (Å²) < 4.78 is 1.37. The molecule has 1 N–H and O–H groups in total. The Bertz CT molecular complexity index is 1010. The Morgan fingerprint density at radius 3 is 2.79 bits per heavy atom. The highest BCUT2D eigenvalue weighted by atomic mass is 16.2. The molecule has 0 unspecified atom stereocenters. The Balaban J connectivity index is 1.76. The first-order valence-corrected chi connectivity index (χ1v) is 7.45. The fraction of sp³-hybridized carbons (Fsp3) is 0.105. The zero-order valence-corrected chi connectivity index (χ0v) is 13.1. The van der Waals surface area contributed by atoms with E-state index in [2.05, 4.69) is 22.1 Å². The second-order valence-electron chi connectivity index (χ2n) is 5.26. The highest BCUT2D eigenvalue weighted by Gasteiger charge is 2.12. The number of nitrogens with zero attached hydrogens (tertiary/aromatic N) is 2. The maximum absolute atomic E-state index is 12.4. The van der Waals surface area contributed by atoms with Gasteiger partial charge in [-0.25, -0.2) is 4.98 Å². The summed E-state index contributed by atoms with van der Waals surface area (Å²) in [6.07, 6.45) is 2.96. The molecule has 0 bridgehead atoms. The number of benzene rings is 1. The Morgan fingerprint density at radius 2 is 2.00 bits per heavy atom. The average Bonchev–Trinajstić information content (AvgIpc) is 2.60. The molecule has 5 nitrogen and oxygen atoms in total. The number of aryl methyl sites for hydroxylation is 1. The van der Waals surface area contributed by atoms with E-state index in [0.29, 0.717) is 5.65 Å². The quantitative estimate of drug-likeness (QED) is 0.733. The van der Waals surface area contributed by atoms with Crippen molar-refractivity contribution in [1.29, 1.82) is 0 Å². The lowest BCUT2D eigenvalue weighted by molar-refractivity contribution is 0.0956. The predicted molar refractivity (Wildman–Crippen MR) is 91.9 cm³/mol. The lowest BCUT2D eigenvalue weighted by Gasteiger charge is -2.04. The molecule has 24 heavy (non-hydrogen) atoms. The molecule has 1 aromatic carbocycles. The van der Waals surface area contributed by atoms with E-state index in [1.807, 2.05) is 43.3 Å². The van der Waals surface area contributed by atoms with Gasteiger partial charge in [0.25, 0.3) is 11.5 Å². The van der Waals surface area contributed by atoms with Gasteiger partial charge in [0.1, 0.15) is 11.2 Å². The SMILES string of the molecule is Cc1ccc2ncc(C(=O)NCC#Cc3ccccc3)c(=O)n2c1. The monoisotopic (exact) mass is 317 g/mol. The number of amides is 1. The molecule has 0 atom stereocenters. The van der Waals surface area contributed by atoms with E-state index >= 15 is 0 Å². The van der Waals surface area contributed by atoms with Crippen LogP contribution in [-0.2, 0) is 0 Å². The van der Waals surface area contributed by atoms with Gasteiger partial charge in [0.15, 0.2) is 0 Å². The van der Waals surface area contributed by atoms with Crippen LogP contribution in [-0.4, -0.2) is 21.8 Å². The van der Waals surface area contributed by atoms with Gasteiger partial charge in [0, 0.05) is 18.0 Å². The summed E-state index contributed by atoms with van der Waals surface area (Å²) >= 11 is 0. The first kappa shape index (κ1) is 15.5. The van der Waals surface area contributed by atoms with Gasteiger partial charge in [-0.15, -0.1) is 0 Å². The summed E-state index contributed by atoms with van der Waals surface area (Å²) in [5.41, 5.74) is 1.90. The second-order valence-corrected chi connectivity index (χ2v) is 5.26. The number of pyridine rings is 1. The molecule has 0 spiro atoms. The zero-order chi connectivity index (χ0) is 16.9. The molecule has 5 heteroatoms. The van der Waals surface area contributed by atoms with Gasteiger partial charge in [-0.2, -0.15) is 0 Å². The fourth-order valence-electron chi connectivity index (χ4n) is 2.23. The number of rotatable bonds is 2. The summed E-state index contributed by atoms with van der Waals surface area (Å²) in [5, 5.41) is 2.62. The van der Waals surface area contributed by atoms with Crippen LogP contribution in [0.1, 0.15) is 21.5 Å². The second kappa shape index (κ2) is 6.80. The minimum atomic E-state index is -0.481. The number of hydrogen-bond acceptors (Lipinski definition) is 3. The normalized spacial score (nSPS) is 10.0. The van der Waals surface area contributed by atoms with Crippen molar-refractivity contribution < 1.29 is 4.79 Å². The zero-order valence-electron chi connectivity index (χ0n) is 13.1. The summed E-state index contributed by atoms with van der Waals surface area (Å²) in [4.78, 5) is 28.7. The number of nitrogens with one attached hydrogen (secondary N) is 1. The number of aromatic nitrogens is 2. The van der Waals surface area contributed by atoms with E-state index < -0.39 is 11.5 Å². The van der Waals surface area contributed by atoms with Gasteiger partial charge in [-0.3, -0.25) is 14.0 Å². The molecule has 3 aromatic rings. The molecule has 0 aliphatic heterocycles. The maximum Gasteiger partial charge on any atom is 0.270 e. The van der Waals surface area contributed by atoms with E-state index in [-0.39, 0.29) is 12.1 Å². The van der Waals surface area contributed by atoms with Crippen molar-refractivity contribution in [3.63, 3.8) is 0 Å². The Kier molecular flexibility index (Phi) is 4.39. The van der Waals surface area contributed by atoms with Crippen LogP contribution in [0.2, 0.25) is 0 Å². The molecule has 0 fully saturated rings. The molecule has 118 valence electrons. The standard InChI is InChI=1S/C19H15N3O2/c1-14-9-10-17-21-12-16(19(24)22(17)13-14)18(23)20-11-5-8-15-6-3-2-4-7-15/h2-4,6-7,9-10,12-13H,11H2,1H3,(H,20,23). The van der Waals surface area contributed by atoms with Gasteiger partial charge >= 0.3 is 0 Å². The third kappa shape index (κ3) is 3.33. The topological polar surface area (TPSA) is 63.5 Å². The van der Waals surface area contributed by atoms with E-state index in [1.165, 1.54) is 10.6 Å². The molecular weight excluding hydrogens is 302 g/mol. The van der Waals surface area contributed by atoms with Gasteiger partial charge in [0.05, 0.1) is 6.54 Å². The van der Waals surface area contributed by atoms with Gasteiger partial charge in [0.2, 0.25) is 0 Å². The van der Waals surface area contributed by atoms with Crippen molar-refractivity contribution in [2.45, 2.75) is 6.92 Å². The van der Waals surface area contributed by atoms with Crippen LogP contribution in [0.25, 0.3) is 5.65 Å². The molecule has 2 aromatic heterocycles. The van der Waals surface area contributed by atoms with Crippen LogP contribution in [0.5, 0.6) is 0 Å². The molecule has 1 amide bonds. The maximum atomic E-state index is 12.4. The van der Waals surface area contributed by atoms with Crippen LogP contribution in [0.3, 0.4) is 0 Å². The van der Waals surface area contributed by atoms with E-state index in [9.17, 15) is 9.59 Å². The summed E-state index contributed by atoms with van der Waals surface area (Å²) in [7, 11) is 0. The summed E-state index contributed by atoms with van der Waals surface area (Å²) in [5.74, 6) is 5.32. The number of fused-ring (bicyclic) bond motifs is 1. The Hall–Kier alpha value is -3.39. The molecule has 2 heterocycles. The number of carbonyl (C=O) groups excluding carboxylic acids is 1. The van der Waals surface area contributed by atoms with E-state index in [0.717, 1.165) is 11.1 Å². The van der Waals surface area contributed by atoms with Crippen molar-refractivity contribution in [3.05, 3.63) is 81.9 Å². The van der Waals surface area contributed by atoms with Crippen LogP contribution >= 0.6 is 0 Å². The van der Waals surface area contributed by atoms with Crippen molar-refractivity contribution >= 4 is 11.6 Å². The highest BCUT2D eigenvalue weighted by Crippen LogP contribution is 2.01. The molecule has 0 saturated carbocycles. The Labute approximate surface area is 139 Å². The van der Waals surface area contributed by atoms with Crippen molar-refractivity contribution in [2.24, 2.45) is 0 Å². The molecule has 0 radical (unpaired) electrons. The first-order chi connectivity index (χ1) is 11.6. The van der Waals surface area contributed by atoms with Crippen molar-refractivity contribution in [1.82, 2.24) is 14.7 Å². The third-order valence-electron chi connectivity index (χ3n) is 3.44. The Morgan fingerprint density at radius 1 is 1.21 bits per heavy atom. The molecule has 0 saturated heterocycles. The number of carbonyl (C=O) groups is 1. The molecule has 3 rings (SSSR count). The smallest absolute Gasteiger partial charge is 0.270 e. The molecular formula is C19H15N3O2. The predicted octanol–water partition coefficient (Wildman–Crippen LogP) is 1.78. The van der Waals surface area contributed by atoms with E-state index in [1.54, 1.807) is 12.3 Å². The minimum absolute atomic E-state index is 0.000360. The minimum Gasteiger partial charge on any atom is -0.341 e. The van der Waals surface area contributed by atoms with Gasteiger partial charge in [-0.05, 0) is 30.7 Å². The third-order valence-corrected chi connectivity index (χ3v) is 3.44. The van der Waals surface area contributed by atoms with Crippen LogP contribution in [0.15, 0.2) is 59.7 Å². The lowest BCUT2D eigenvalue weighted by Crippen LogP contribution is -2.31. The summed E-state index contributed by atoms with van der Waals surface area (Å²) in [6.45, 7) is 2.03. The van der Waals surface area contributed by atoms with Crippen LogP contribution < -0.4 is 10.9 Å². The van der Waals surface area contributed by atoms with Crippen molar-refractivity contribution in [2.75, 3.05) is 6.54 Å². The van der Waals surface area contributed by atoms with Gasteiger partial charge < -0.3 is 5.32 Å². The first-order valence-electron chi connectivity index (χ1n) is 7.45.